The van der Waals surface area contributed by atoms with Crippen LogP contribution in [0.3, 0.4) is 0 Å². The number of rotatable bonds is 4. The number of hydrogen-bond acceptors (Lipinski definition) is 3. The highest BCUT2D eigenvalue weighted by molar-refractivity contribution is 5.78. The number of aliphatic hydroxyl groups excluding tert-OH is 1. The van der Waals surface area contributed by atoms with Gasteiger partial charge >= 0.3 is 0 Å². The van der Waals surface area contributed by atoms with Crippen LogP contribution in [-0.4, -0.2) is 24.5 Å². The smallest absolute Gasteiger partial charge is 0.140 e. The molecule has 0 bridgehead atoms. The van der Waals surface area contributed by atoms with Gasteiger partial charge in [-0.1, -0.05) is 35.5 Å². The molecule has 3 heteroatoms. The Morgan fingerprint density at radius 3 is 2.75 bits per heavy atom. The van der Waals surface area contributed by atoms with Crippen molar-refractivity contribution < 1.29 is 9.94 Å². The largest absolute Gasteiger partial charge is 0.393 e. The van der Waals surface area contributed by atoms with Crippen LogP contribution in [0.5, 0.6) is 0 Å². The summed E-state index contributed by atoms with van der Waals surface area (Å²) in [5.41, 5.74) is 0.982. The average molecular weight is 165 g/mol. The van der Waals surface area contributed by atoms with Gasteiger partial charge in [0.25, 0.3) is 0 Å². The summed E-state index contributed by atoms with van der Waals surface area (Å²) in [7, 11) is 0. The molecule has 0 saturated heterocycles. The van der Waals surface area contributed by atoms with Crippen LogP contribution >= 0.6 is 0 Å². The van der Waals surface area contributed by atoms with E-state index in [1.54, 1.807) is 6.21 Å². The van der Waals surface area contributed by atoms with Crippen LogP contribution in [0, 0.1) is 0 Å². The predicted octanol–water partition coefficient (Wildman–Crippen LogP) is 1.03. The second kappa shape index (κ2) is 5.32. The number of benzene rings is 1. The normalized spacial score (nSPS) is 10.4. The molecule has 0 aromatic heterocycles. The van der Waals surface area contributed by atoms with Crippen molar-refractivity contribution in [3.05, 3.63) is 35.9 Å². The third-order valence-electron chi connectivity index (χ3n) is 1.26. The first-order valence-electron chi connectivity index (χ1n) is 3.75. The van der Waals surface area contributed by atoms with Crippen molar-refractivity contribution in [3.63, 3.8) is 0 Å². The molecule has 0 aliphatic carbocycles. The molecule has 0 amide bonds. The molecule has 0 radical (unpaired) electrons. The highest BCUT2D eigenvalue weighted by Crippen LogP contribution is 1.93. The Hall–Kier alpha value is -1.35. The summed E-state index contributed by atoms with van der Waals surface area (Å²) in [5.74, 6) is 0. The number of oxime groups is 1. The quantitative estimate of drug-likeness (QED) is 0.411. The Morgan fingerprint density at radius 2 is 2.08 bits per heavy atom. The maximum atomic E-state index is 8.36. The fraction of sp³-hybridized carbons (Fsp3) is 0.222. The summed E-state index contributed by atoms with van der Waals surface area (Å²) >= 11 is 0. The lowest BCUT2D eigenvalue weighted by Crippen LogP contribution is -1.93. The summed E-state index contributed by atoms with van der Waals surface area (Å²) in [6.45, 7) is 0.232. The van der Waals surface area contributed by atoms with Gasteiger partial charge < -0.3 is 9.94 Å². The molecule has 0 saturated carbocycles. The fourth-order valence-corrected chi connectivity index (χ4v) is 0.731. The number of aliphatic hydroxyl groups is 1. The molecule has 3 nitrogen and oxygen atoms in total. The minimum atomic E-state index is -0.00781. The van der Waals surface area contributed by atoms with E-state index in [4.69, 9.17) is 9.94 Å². The second-order valence-electron chi connectivity index (χ2n) is 2.20. The van der Waals surface area contributed by atoms with Crippen molar-refractivity contribution in [2.24, 2.45) is 5.16 Å². The Balaban J connectivity index is 2.36. The molecule has 1 rings (SSSR count). The van der Waals surface area contributed by atoms with Gasteiger partial charge in [-0.25, -0.2) is 0 Å². The van der Waals surface area contributed by atoms with Gasteiger partial charge in [-0.3, -0.25) is 0 Å². The van der Waals surface area contributed by atoms with Crippen LogP contribution in [0.15, 0.2) is 35.5 Å². The second-order valence-corrected chi connectivity index (χ2v) is 2.20. The minimum absolute atomic E-state index is 0.00781. The molecule has 0 heterocycles. The Bertz CT molecular complexity index is 234. The molecular weight excluding hydrogens is 154 g/mol. The van der Waals surface area contributed by atoms with E-state index in [0.717, 1.165) is 5.56 Å². The SMILES string of the molecule is OCCO/N=C\c1ccccc1. The van der Waals surface area contributed by atoms with Crippen LogP contribution in [0.1, 0.15) is 5.56 Å². The molecule has 0 aliphatic rings. The third-order valence-corrected chi connectivity index (χ3v) is 1.26. The lowest BCUT2D eigenvalue weighted by molar-refractivity contribution is 0.0997. The zero-order valence-corrected chi connectivity index (χ0v) is 6.68. The van der Waals surface area contributed by atoms with E-state index in [9.17, 15) is 0 Å². The van der Waals surface area contributed by atoms with E-state index in [-0.39, 0.29) is 13.2 Å². The van der Waals surface area contributed by atoms with Crippen LogP contribution in [-0.2, 0) is 4.84 Å². The van der Waals surface area contributed by atoms with Crippen molar-refractivity contribution in [1.82, 2.24) is 0 Å². The molecule has 12 heavy (non-hydrogen) atoms. The van der Waals surface area contributed by atoms with Crippen molar-refractivity contribution in [1.29, 1.82) is 0 Å². The first-order chi connectivity index (χ1) is 5.93. The van der Waals surface area contributed by atoms with E-state index in [1.807, 2.05) is 30.3 Å². The molecular formula is C9H11NO2. The summed E-state index contributed by atoms with van der Waals surface area (Å²) in [5, 5.41) is 12.0. The summed E-state index contributed by atoms with van der Waals surface area (Å²) in [4.78, 5) is 4.71. The van der Waals surface area contributed by atoms with Crippen molar-refractivity contribution in [2.75, 3.05) is 13.2 Å². The van der Waals surface area contributed by atoms with Crippen LogP contribution in [0.4, 0.5) is 0 Å². The predicted molar refractivity (Wildman–Crippen MR) is 47.1 cm³/mol. The van der Waals surface area contributed by atoms with Crippen molar-refractivity contribution in [2.45, 2.75) is 0 Å². The maximum Gasteiger partial charge on any atom is 0.140 e. The molecule has 1 aromatic carbocycles. The number of nitrogens with zero attached hydrogens (tertiary/aromatic N) is 1. The van der Waals surface area contributed by atoms with Crippen LogP contribution < -0.4 is 0 Å². The molecule has 0 aliphatic heterocycles. The standard InChI is InChI=1S/C9H11NO2/c11-6-7-12-10-8-9-4-2-1-3-5-9/h1-5,8,11H,6-7H2/b10-8-. The Labute approximate surface area is 71.3 Å². The first-order valence-corrected chi connectivity index (χ1v) is 3.75. The summed E-state index contributed by atoms with van der Waals surface area (Å²) in [6.07, 6.45) is 1.61. The van der Waals surface area contributed by atoms with Gasteiger partial charge in [0.2, 0.25) is 0 Å². The van der Waals surface area contributed by atoms with Gasteiger partial charge in [-0.05, 0) is 5.56 Å². The molecule has 0 fully saturated rings. The lowest BCUT2D eigenvalue weighted by atomic mass is 10.2. The fourth-order valence-electron chi connectivity index (χ4n) is 0.731. The van der Waals surface area contributed by atoms with Gasteiger partial charge in [0, 0.05) is 0 Å². The van der Waals surface area contributed by atoms with E-state index >= 15 is 0 Å². The molecule has 0 spiro atoms. The van der Waals surface area contributed by atoms with Crippen molar-refractivity contribution in [3.8, 4) is 0 Å². The van der Waals surface area contributed by atoms with Gasteiger partial charge in [0.15, 0.2) is 0 Å². The zero-order chi connectivity index (χ0) is 8.65. The first kappa shape index (κ1) is 8.74. The third kappa shape index (κ3) is 3.16. The van der Waals surface area contributed by atoms with Gasteiger partial charge in [0.1, 0.15) is 6.61 Å². The maximum absolute atomic E-state index is 8.36. The minimum Gasteiger partial charge on any atom is -0.393 e. The zero-order valence-electron chi connectivity index (χ0n) is 6.68. The molecule has 64 valence electrons. The van der Waals surface area contributed by atoms with E-state index < -0.39 is 0 Å². The van der Waals surface area contributed by atoms with Gasteiger partial charge in [-0.2, -0.15) is 0 Å². The summed E-state index contributed by atoms with van der Waals surface area (Å²) in [6, 6.07) is 9.63. The van der Waals surface area contributed by atoms with E-state index in [0.29, 0.717) is 0 Å². The van der Waals surface area contributed by atoms with Gasteiger partial charge in [-0.15, -0.1) is 0 Å². The highest BCUT2D eigenvalue weighted by Gasteiger charge is 1.83. The van der Waals surface area contributed by atoms with Crippen LogP contribution in [0.25, 0.3) is 0 Å². The Morgan fingerprint density at radius 1 is 1.33 bits per heavy atom. The van der Waals surface area contributed by atoms with Crippen LogP contribution in [0.2, 0.25) is 0 Å². The molecule has 1 aromatic rings. The van der Waals surface area contributed by atoms with E-state index in [2.05, 4.69) is 5.16 Å². The van der Waals surface area contributed by atoms with E-state index in [1.165, 1.54) is 0 Å². The molecule has 1 N–H and O–H groups in total. The number of hydrogen-bond donors (Lipinski definition) is 1. The summed E-state index contributed by atoms with van der Waals surface area (Å²) < 4.78 is 0. The monoisotopic (exact) mass is 165 g/mol. The lowest BCUT2D eigenvalue weighted by Gasteiger charge is -1.93. The topological polar surface area (TPSA) is 41.8 Å². The van der Waals surface area contributed by atoms with Gasteiger partial charge in [0.05, 0.1) is 12.8 Å². The highest BCUT2D eigenvalue weighted by atomic mass is 16.6. The van der Waals surface area contributed by atoms with Crippen molar-refractivity contribution >= 4 is 6.21 Å². The Kier molecular flexibility index (Phi) is 3.88. The molecule has 0 unspecified atom stereocenters. The molecule has 0 atom stereocenters. The average Bonchev–Trinajstić information content (AvgIpc) is 2.14.